The molecule has 0 aliphatic heterocycles. The first-order valence-electron chi connectivity index (χ1n) is 8.45. The first-order valence-corrected chi connectivity index (χ1v) is 8.45. The average Bonchev–Trinajstić information content (AvgIpc) is 2.60. The Labute approximate surface area is 141 Å². The topological polar surface area (TPSA) is 95.5 Å². The summed E-state index contributed by atoms with van der Waals surface area (Å²) in [4.78, 5) is 35.5. The summed E-state index contributed by atoms with van der Waals surface area (Å²) in [6.07, 6.45) is 3.73. The van der Waals surface area contributed by atoms with E-state index in [1.807, 2.05) is 6.92 Å². The van der Waals surface area contributed by atoms with Gasteiger partial charge in [0.2, 0.25) is 5.91 Å². The van der Waals surface area contributed by atoms with Crippen LogP contribution >= 0.6 is 0 Å². The van der Waals surface area contributed by atoms with Crippen molar-refractivity contribution < 1.29 is 19.5 Å². The smallest absolute Gasteiger partial charge is 0.307 e. The van der Waals surface area contributed by atoms with Crippen LogP contribution in [-0.2, 0) is 9.59 Å². The van der Waals surface area contributed by atoms with Crippen molar-refractivity contribution in [2.45, 2.75) is 39.0 Å². The van der Waals surface area contributed by atoms with Crippen LogP contribution in [0.3, 0.4) is 0 Å². The Morgan fingerprint density at radius 3 is 2.29 bits per heavy atom. The van der Waals surface area contributed by atoms with E-state index in [1.165, 1.54) is 0 Å². The number of carboxylic acid groups (broad SMARTS) is 1. The number of hydrogen-bond acceptors (Lipinski definition) is 3. The van der Waals surface area contributed by atoms with Crippen LogP contribution in [0.25, 0.3) is 0 Å². The molecule has 0 unspecified atom stereocenters. The van der Waals surface area contributed by atoms with Crippen molar-refractivity contribution in [2.75, 3.05) is 11.9 Å². The van der Waals surface area contributed by atoms with Crippen molar-refractivity contribution in [3.8, 4) is 0 Å². The van der Waals surface area contributed by atoms with Gasteiger partial charge in [-0.1, -0.05) is 19.8 Å². The Kier molecular flexibility index (Phi) is 6.35. The van der Waals surface area contributed by atoms with Crippen molar-refractivity contribution >= 4 is 23.5 Å². The zero-order chi connectivity index (χ0) is 17.5. The lowest BCUT2D eigenvalue weighted by Gasteiger charge is -2.27. The fourth-order valence-corrected chi connectivity index (χ4v) is 3.02. The maximum absolute atomic E-state index is 12.4. The van der Waals surface area contributed by atoms with E-state index >= 15 is 0 Å². The quantitative estimate of drug-likeness (QED) is 0.746. The third kappa shape index (κ3) is 4.57. The third-order valence-corrected chi connectivity index (χ3v) is 4.37. The molecule has 3 N–H and O–H groups in total. The largest absolute Gasteiger partial charge is 0.481 e. The van der Waals surface area contributed by atoms with Crippen LogP contribution in [0.5, 0.6) is 0 Å². The highest BCUT2D eigenvalue weighted by atomic mass is 16.4. The minimum atomic E-state index is -0.905. The number of amides is 2. The maximum Gasteiger partial charge on any atom is 0.307 e. The molecule has 0 radical (unpaired) electrons. The van der Waals surface area contributed by atoms with Crippen LogP contribution < -0.4 is 10.6 Å². The SMILES string of the molecule is CCCNC(=O)c1ccc(NC(=O)[C@H]2CCCC[C@@H]2C(=O)O)cc1. The summed E-state index contributed by atoms with van der Waals surface area (Å²) in [7, 11) is 0. The molecule has 6 heteroatoms. The molecule has 1 aromatic rings. The Morgan fingerprint density at radius 2 is 1.71 bits per heavy atom. The van der Waals surface area contributed by atoms with E-state index in [9.17, 15) is 19.5 Å². The van der Waals surface area contributed by atoms with Crippen molar-refractivity contribution in [1.82, 2.24) is 5.32 Å². The predicted molar refractivity (Wildman–Crippen MR) is 90.8 cm³/mol. The fourth-order valence-electron chi connectivity index (χ4n) is 3.02. The number of carboxylic acids is 1. The molecule has 0 aromatic heterocycles. The van der Waals surface area contributed by atoms with E-state index in [0.29, 0.717) is 30.6 Å². The Morgan fingerprint density at radius 1 is 1.08 bits per heavy atom. The predicted octanol–water partition coefficient (Wildman–Crippen LogP) is 2.66. The van der Waals surface area contributed by atoms with Crippen LogP contribution in [0.1, 0.15) is 49.4 Å². The monoisotopic (exact) mass is 332 g/mol. The molecular weight excluding hydrogens is 308 g/mol. The van der Waals surface area contributed by atoms with E-state index in [0.717, 1.165) is 19.3 Å². The first-order chi connectivity index (χ1) is 11.5. The Balaban J connectivity index is 1.98. The number of hydrogen-bond donors (Lipinski definition) is 3. The zero-order valence-electron chi connectivity index (χ0n) is 13.9. The molecular formula is C18H24N2O4. The fraction of sp³-hybridized carbons (Fsp3) is 0.500. The van der Waals surface area contributed by atoms with Crippen molar-refractivity contribution in [2.24, 2.45) is 11.8 Å². The van der Waals surface area contributed by atoms with E-state index in [4.69, 9.17) is 0 Å². The summed E-state index contributed by atoms with van der Waals surface area (Å²) in [5.41, 5.74) is 1.10. The van der Waals surface area contributed by atoms with Gasteiger partial charge >= 0.3 is 5.97 Å². The Hall–Kier alpha value is -2.37. The minimum absolute atomic E-state index is 0.145. The van der Waals surface area contributed by atoms with Gasteiger partial charge in [0.05, 0.1) is 11.8 Å². The summed E-state index contributed by atoms with van der Waals surface area (Å²) in [5.74, 6) is -2.42. The maximum atomic E-state index is 12.4. The van der Waals surface area contributed by atoms with Crippen molar-refractivity contribution in [3.05, 3.63) is 29.8 Å². The number of carbonyl (C=O) groups is 3. The second-order valence-electron chi connectivity index (χ2n) is 6.16. The van der Waals surface area contributed by atoms with E-state index in [1.54, 1.807) is 24.3 Å². The van der Waals surface area contributed by atoms with Crippen LogP contribution in [0.4, 0.5) is 5.69 Å². The molecule has 0 spiro atoms. The molecule has 0 saturated heterocycles. The van der Waals surface area contributed by atoms with Crippen LogP contribution in [0, 0.1) is 11.8 Å². The Bertz CT molecular complexity index is 598. The molecule has 1 aliphatic carbocycles. The number of aliphatic carboxylic acids is 1. The van der Waals surface area contributed by atoms with Gasteiger partial charge in [-0.25, -0.2) is 0 Å². The zero-order valence-corrected chi connectivity index (χ0v) is 13.9. The van der Waals surface area contributed by atoms with Gasteiger partial charge in [0.25, 0.3) is 5.91 Å². The summed E-state index contributed by atoms with van der Waals surface area (Å²) >= 11 is 0. The van der Waals surface area contributed by atoms with Crippen molar-refractivity contribution in [1.29, 1.82) is 0 Å². The lowest BCUT2D eigenvalue weighted by molar-refractivity contribution is -0.147. The summed E-state index contributed by atoms with van der Waals surface area (Å²) in [6, 6.07) is 6.63. The number of benzene rings is 1. The molecule has 1 fully saturated rings. The number of rotatable bonds is 6. The van der Waals surface area contributed by atoms with Gasteiger partial charge in [-0.15, -0.1) is 0 Å². The molecule has 1 aromatic carbocycles. The lowest BCUT2D eigenvalue weighted by Crippen LogP contribution is -2.36. The van der Waals surface area contributed by atoms with Crippen LogP contribution in [0.2, 0.25) is 0 Å². The summed E-state index contributed by atoms with van der Waals surface area (Å²) in [6.45, 7) is 2.60. The minimum Gasteiger partial charge on any atom is -0.481 e. The van der Waals surface area contributed by atoms with Gasteiger partial charge in [0.15, 0.2) is 0 Å². The summed E-state index contributed by atoms with van der Waals surface area (Å²) < 4.78 is 0. The molecule has 2 rings (SSSR count). The van der Waals surface area contributed by atoms with Gasteiger partial charge in [-0.2, -0.15) is 0 Å². The molecule has 0 heterocycles. The van der Waals surface area contributed by atoms with E-state index < -0.39 is 17.8 Å². The van der Waals surface area contributed by atoms with E-state index in [2.05, 4.69) is 10.6 Å². The molecule has 1 saturated carbocycles. The highest BCUT2D eigenvalue weighted by Gasteiger charge is 2.35. The standard InChI is InChI=1S/C18H24N2O4/c1-2-11-19-16(21)12-7-9-13(10-8-12)20-17(22)14-5-3-4-6-15(14)18(23)24/h7-10,14-15H,2-6,11H2,1H3,(H,19,21)(H,20,22)(H,23,24)/t14-,15-/m0/s1. The molecule has 2 atom stereocenters. The van der Waals surface area contributed by atoms with Crippen molar-refractivity contribution in [3.63, 3.8) is 0 Å². The van der Waals surface area contributed by atoms with Gasteiger partial charge in [-0.05, 0) is 43.5 Å². The highest BCUT2D eigenvalue weighted by Crippen LogP contribution is 2.31. The van der Waals surface area contributed by atoms with E-state index in [-0.39, 0.29) is 11.8 Å². The molecule has 1 aliphatic rings. The van der Waals surface area contributed by atoms with Crippen LogP contribution in [-0.4, -0.2) is 29.4 Å². The van der Waals surface area contributed by atoms with Gasteiger partial charge in [0.1, 0.15) is 0 Å². The second kappa shape index (κ2) is 8.47. The number of nitrogens with one attached hydrogen (secondary N) is 2. The van der Waals surface area contributed by atoms with Gasteiger partial charge < -0.3 is 15.7 Å². The third-order valence-electron chi connectivity index (χ3n) is 4.37. The van der Waals surface area contributed by atoms with Crippen LogP contribution in [0.15, 0.2) is 24.3 Å². The van der Waals surface area contributed by atoms with Gasteiger partial charge in [0, 0.05) is 17.8 Å². The molecule has 0 bridgehead atoms. The average molecular weight is 332 g/mol. The lowest BCUT2D eigenvalue weighted by atomic mass is 9.78. The normalized spacial score (nSPS) is 20.2. The summed E-state index contributed by atoms with van der Waals surface area (Å²) in [5, 5.41) is 14.8. The number of anilines is 1. The second-order valence-corrected chi connectivity index (χ2v) is 6.16. The number of carbonyl (C=O) groups excluding carboxylic acids is 2. The highest BCUT2D eigenvalue weighted by molar-refractivity contribution is 5.97. The molecule has 130 valence electrons. The van der Waals surface area contributed by atoms with Gasteiger partial charge in [-0.3, -0.25) is 14.4 Å². The molecule has 2 amide bonds. The molecule has 24 heavy (non-hydrogen) atoms. The molecule has 6 nitrogen and oxygen atoms in total. The first kappa shape index (κ1) is 18.0.